The van der Waals surface area contributed by atoms with Gasteiger partial charge in [0.2, 0.25) is 0 Å². The lowest BCUT2D eigenvalue weighted by molar-refractivity contribution is 0.640. The summed E-state index contributed by atoms with van der Waals surface area (Å²) >= 11 is 6.00. The monoisotopic (exact) mass is 210 g/mol. The molecule has 2 nitrogen and oxygen atoms in total. The zero-order valence-corrected chi connectivity index (χ0v) is 9.09. The first-order valence-corrected chi connectivity index (χ1v) is 5.50. The summed E-state index contributed by atoms with van der Waals surface area (Å²) in [6.45, 7) is 2.18. The molecule has 3 heteroatoms. The van der Waals surface area contributed by atoms with Crippen LogP contribution in [0, 0.1) is 5.92 Å². The Hall–Kier alpha value is -0.760. The topological polar surface area (TPSA) is 24.9 Å². The third kappa shape index (κ3) is 2.61. The van der Waals surface area contributed by atoms with E-state index in [1.807, 2.05) is 12.1 Å². The number of nitrogens with one attached hydrogen (secondary N) is 1. The predicted molar refractivity (Wildman–Crippen MR) is 59.7 cm³/mol. The second-order valence-electron chi connectivity index (χ2n) is 4.06. The third-order valence-corrected chi connectivity index (χ3v) is 2.83. The van der Waals surface area contributed by atoms with E-state index in [1.54, 1.807) is 6.20 Å². The molecular weight excluding hydrogens is 196 g/mol. The number of halogens is 1. The predicted octanol–water partition coefficient (Wildman–Crippen LogP) is 3.34. The van der Waals surface area contributed by atoms with Crippen LogP contribution >= 0.6 is 11.6 Å². The molecule has 0 aromatic carbocycles. The van der Waals surface area contributed by atoms with E-state index in [-0.39, 0.29) is 0 Å². The van der Waals surface area contributed by atoms with Gasteiger partial charge in [-0.25, -0.2) is 4.98 Å². The van der Waals surface area contributed by atoms with Crippen LogP contribution in [-0.4, -0.2) is 11.0 Å². The van der Waals surface area contributed by atoms with Crippen LogP contribution in [0.4, 0.5) is 5.82 Å². The molecular formula is C11H15ClN2. The average Bonchev–Trinajstić information content (AvgIpc) is 2.93. The summed E-state index contributed by atoms with van der Waals surface area (Å²) in [6.07, 6.45) is 5.77. The molecule has 1 atom stereocenters. The zero-order chi connectivity index (χ0) is 9.97. The van der Waals surface area contributed by atoms with E-state index in [0.29, 0.717) is 11.1 Å². The van der Waals surface area contributed by atoms with E-state index in [0.717, 1.165) is 11.7 Å². The molecule has 1 heterocycles. The van der Waals surface area contributed by atoms with E-state index in [2.05, 4.69) is 17.2 Å². The van der Waals surface area contributed by atoms with Crippen LogP contribution in [0.15, 0.2) is 18.3 Å². The Balaban J connectivity index is 1.91. The second kappa shape index (κ2) is 4.18. The Morgan fingerprint density at radius 1 is 1.64 bits per heavy atom. The van der Waals surface area contributed by atoms with Gasteiger partial charge in [0.15, 0.2) is 0 Å². The fourth-order valence-electron chi connectivity index (χ4n) is 1.64. The first-order chi connectivity index (χ1) is 6.75. The number of anilines is 1. The maximum atomic E-state index is 6.00. The average molecular weight is 211 g/mol. The molecule has 2 rings (SSSR count). The van der Waals surface area contributed by atoms with Crippen molar-refractivity contribution in [1.82, 2.24) is 4.98 Å². The minimum absolute atomic E-state index is 0.467. The lowest BCUT2D eigenvalue weighted by atomic mass is 10.1. The smallest absolute Gasteiger partial charge is 0.144 e. The van der Waals surface area contributed by atoms with Gasteiger partial charge >= 0.3 is 0 Å². The fraction of sp³-hybridized carbons (Fsp3) is 0.545. The van der Waals surface area contributed by atoms with Crippen LogP contribution < -0.4 is 5.32 Å². The number of nitrogens with zero attached hydrogens (tertiary/aromatic N) is 1. The molecule has 0 amide bonds. The number of pyridine rings is 1. The number of hydrogen-bond acceptors (Lipinski definition) is 2. The quantitative estimate of drug-likeness (QED) is 0.825. The number of hydrogen-bond donors (Lipinski definition) is 1. The van der Waals surface area contributed by atoms with Crippen molar-refractivity contribution in [3.05, 3.63) is 23.4 Å². The molecule has 1 N–H and O–H groups in total. The van der Waals surface area contributed by atoms with Crippen LogP contribution in [0.3, 0.4) is 0 Å². The van der Waals surface area contributed by atoms with Gasteiger partial charge in [-0.05, 0) is 31.4 Å². The molecule has 1 fully saturated rings. The Morgan fingerprint density at radius 2 is 2.43 bits per heavy atom. The van der Waals surface area contributed by atoms with Crippen LogP contribution in [-0.2, 0) is 0 Å². The molecule has 1 aliphatic rings. The van der Waals surface area contributed by atoms with Crippen LogP contribution in [0.5, 0.6) is 0 Å². The van der Waals surface area contributed by atoms with Gasteiger partial charge in [0.25, 0.3) is 0 Å². The van der Waals surface area contributed by atoms with Crippen LogP contribution in [0.1, 0.15) is 26.2 Å². The highest BCUT2D eigenvalue weighted by molar-refractivity contribution is 6.32. The lowest BCUT2D eigenvalue weighted by Crippen LogP contribution is -2.16. The Morgan fingerprint density at radius 3 is 3.07 bits per heavy atom. The van der Waals surface area contributed by atoms with E-state index in [1.165, 1.54) is 19.3 Å². The molecule has 0 radical (unpaired) electrons. The highest BCUT2D eigenvalue weighted by atomic mass is 35.5. The van der Waals surface area contributed by atoms with Crippen molar-refractivity contribution in [1.29, 1.82) is 0 Å². The Labute approximate surface area is 89.7 Å². The van der Waals surface area contributed by atoms with E-state index >= 15 is 0 Å². The summed E-state index contributed by atoms with van der Waals surface area (Å²) in [7, 11) is 0. The maximum absolute atomic E-state index is 6.00. The standard InChI is InChI=1S/C11H15ClN2/c1-8(7-9-4-5-9)14-11-10(12)3-2-6-13-11/h2-3,6,8-9H,4-5,7H2,1H3,(H,13,14). The van der Waals surface area contributed by atoms with Crippen molar-refractivity contribution in [3.8, 4) is 0 Å². The van der Waals surface area contributed by atoms with Gasteiger partial charge in [0, 0.05) is 12.2 Å². The van der Waals surface area contributed by atoms with Gasteiger partial charge in [-0.1, -0.05) is 24.4 Å². The lowest BCUT2D eigenvalue weighted by Gasteiger charge is -2.14. The highest BCUT2D eigenvalue weighted by Gasteiger charge is 2.23. The van der Waals surface area contributed by atoms with Crippen molar-refractivity contribution in [3.63, 3.8) is 0 Å². The van der Waals surface area contributed by atoms with Crippen molar-refractivity contribution in [2.75, 3.05) is 5.32 Å². The number of rotatable bonds is 4. The third-order valence-electron chi connectivity index (χ3n) is 2.53. The SMILES string of the molecule is CC(CC1CC1)Nc1ncccc1Cl. The normalized spacial score (nSPS) is 17.9. The van der Waals surface area contributed by atoms with Gasteiger partial charge in [-0.15, -0.1) is 0 Å². The molecule has 1 aromatic heterocycles. The number of aromatic nitrogens is 1. The van der Waals surface area contributed by atoms with Crippen LogP contribution in [0.2, 0.25) is 5.02 Å². The molecule has 1 aliphatic carbocycles. The van der Waals surface area contributed by atoms with Gasteiger partial charge in [-0.2, -0.15) is 0 Å². The minimum Gasteiger partial charge on any atom is -0.366 e. The fourth-order valence-corrected chi connectivity index (χ4v) is 1.81. The molecule has 14 heavy (non-hydrogen) atoms. The summed E-state index contributed by atoms with van der Waals surface area (Å²) in [5, 5.41) is 4.04. The van der Waals surface area contributed by atoms with Gasteiger partial charge < -0.3 is 5.32 Å². The van der Waals surface area contributed by atoms with Gasteiger partial charge in [0.05, 0.1) is 5.02 Å². The van der Waals surface area contributed by atoms with Gasteiger partial charge in [-0.3, -0.25) is 0 Å². The molecule has 0 spiro atoms. The molecule has 0 saturated heterocycles. The summed E-state index contributed by atoms with van der Waals surface area (Å²) in [6, 6.07) is 4.18. The second-order valence-corrected chi connectivity index (χ2v) is 4.47. The molecule has 1 unspecified atom stereocenters. The summed E-state index contributed by atoms with van der Waals surface area (Å²) in [5.74, 6) is 1.74. The van der Waals surface area contributed by atoms with Crippen molar-refractivity contribution < 1.29 is 0 Å². The Bertz CT molecular complexity index is 310. The highest BCUT2D eigenvalue weighted by Crippen LogP contribution is 2.34. The van der Waals surface area contributed by atoms with E-state index in [4.69, 9.17) is 11.6 Å². The first-order valence-electron chi connectivity index (χ1n) is 5.13. The summed E-state index contributed by atoms with van der Waals surface area (Å²) in [5.41, 5.74) is 0. The minimum atomic E-state index is 0.467. The Kier molecular flexibility index (Phi) is 2.92. The molecule has 76 valence electrons. The van der Waals surface area contributed by atoms with Crippen molar-refractivity contribution in [2.45, 2.75) is 32.2 Å². The molecule has 1 aromatic rings. The first kappa shape index (κ1) is 9.78. The van der Waals surface area contributed by atoms with Gasteiger partial charge in [0.1, 0.15) is 5.82 Å². The van der Waals surface area contributed by atoms with Crippen molar-refractivity contribution in [2.24, 2.45) is 5.92 Å². The summed E-state index contributed by atoms with van der Waals surface area (Å²) < 4.78 is 0. The largest absolute Gasteiger partial charge is 0.366 e. The van der Waals surface area contributed by atoms with Crippen LogP contribution in [0.25, 0.3) is 0 Å². The zero-order valence-electron chi connectivity index (χ0n) is 8.33. The molecule has 0 bridgehead atoms. The summed E-state index contributed by atoms with van der Waals surface area (Å²) in [4.78, 5) is 4.20. The van der Waals surface area contributed by atoms with E-state index < -0.39 is 0 Å². The molecule has 0 aliphatic heterocycles. The molecule has 1 saturated carbocycles. The van der Waals surface area contributed by atoms with E-state index in [9.17, 15) is 0 Å². The van der Waals surface area contributed by atoms with Crippen molar-refractivity contribution >= 4 is 17.4 Å². The maximum Gasteiger partial charge on any atom is 0.144 e.